The van der Waals surface area contributed by atoms with Gasteiger partial charge in [-0.3, -0.25) is 14.4 Å². The van der Waals surface area contributed by atoms with Crippen molar-refractivity contribution in [2.24, 2.45) is 0 Å². The topological polar surface area (TPSA) is 305 Å². The third kappa shape index (κ3) is 7.08. The molecule has 7 aliphatic heterocycles. The Morgan fingerprint density at radius 1 is 0.469 bits per heavy atom. The lowest BCUT2D eigenvalue weighted by Gasteiger charge is -2.27. The first-order valence-electron chi connectivity index (χ1n) is 20.8. The van der Waals surface area contributed by atoms with Crippen LogP contribution in [0.25, 0.3) is 0 Å². The molecule has 4 aromatic rings. The predicted molar refractivity (Wildman–Crippen MR) is 202 cm³/mol. The minimum atomic E-state index is -1.21. The van der Waals surface area contributed by atoms with E-state index in [-0.39, 0.29) is 26.2 Å². The van der Waals surface area contributed by atoms with Crippen LogP contribution in [0.15, 0.2) is 24.8 Å². The molecule has 7 aliphatic rings. The van der Waals surface area contributed by atoms with Crippen LogP contribution in [0.2, 0.25) is 0 Å². The molecule has 28 nitrogen and oxygen atoms in total. The van der Waals surface area contributed by atoms with Crippen LogP contribution in [0.1, 0.15) is 82.4 Å². The van der Waals surface area contributed by atoms with E-state index in [2.05, 4.69) is 62.6 Å². The van der Waals surface area contributed by atoms with Crippen molar-refractivity contribution in [3.8, 4) is 0 Å². The number of carbonyl (C=O) groups excluding carboxylic acids is 3. The minimum absolute atomic E-state index is 0.0311. The summed E-state index contributed by atoms with van der Waals surface area (Å²) in [5.41, 5.74) is 5.02. The van der Waals surface area contributed by atoms with E-state index in [0.717, 1.165) is 0 Å². The highest BCUT2D eigenvalue weighted by Gasteiger charge is 2.61. The Morgan fingerprint density at radius 3 is 1.19 bits per heavy atom. The van der Waals surface area contributed by atoms with Gasteiger partial charge >= 0.3 is 0 Å². The molecule has 12 atom stereocenters. The molecule has 0 spiro atoms. The number of nitrogens with zero attached hydrogens (tertiary/aromatic N) is 12. The van der Waals surface area contributed by atoms with Gasteiger partial charge in [-0.05, 0) is 46.8 Å². The van der Waals surface area contributed by atoms with Crippen LogP contribution in [-0.2, 0) is 83.2 Å². The normalized spacial score (nSPS) is 36.4. The zero-order chi connectivity index (χ0) is 44.3. The van der Waals surface area contributed by atoms with Gasteiger partial charge in [0.05, 0.1) is 68.0 Å². The summed E-state index contributed by atoms with van der Waals surface area (Å²) in [5.74, 6) is -4.70. The van der Waals surface area contributed by atoms with Crippen molar-refractivity contribution in [3.05, 3.63) is 47.6 Å². The Hall–Kier alpha value is -5.59. The zero-order valence-electron chi connectivity index (χ0n) is 35.3. The summed E-state index contributed by atoms with van der Waals surface area (Å²) in [6, 6.07) is -2.63. The molecule has 0 aromatic carbocycles. The first-order chi connectivity index (χ1) is 30.6. The summed E-state index contributed by atoms with van der Waals surface area (Å²) < 4.78 is 60.2. The van der Waals surface area contributed by atoms with E-state index in [9.17, 15) is 14.4 Å². The van der Waals surface area contributed by atoms with Gasteiger partial charge in [-0.2, -0.15) is 4.79 Å². The van der Waals surface area contributed by atoms with Crippen LogP contribution in [-0.4, -0.2) is 151 Å². The summed E-state index contributed by atoms with van der Waals surface area (Å²) in [6.45, 7) is 10.3. The van der Waals surface area contributed by atoms with Crippen LogP contribution < -0.4 is 21.4 Å². The maximum atomic E-state index is 14.3. The van der Waals surface area contributed by atoms with Crippen LogP contribution in [0, 0.1) is 0 Å². The molecule has 4 N–H and O–H groups in total. The monoisotopic (exact) mass is 894 g/mol. The highest BCUT2D eigenvalue weighted by molar-refractivity contribution is 5.83. The molecule has 0 aliphatic carbocycles. The molecule has 0 bridgehead atoms. The molecule has 342 valence electrons. The summed E-state index contributed by atoms with van der Waals surface area (Å²) in [7, 11) is 0. The van der Waals surface area contributed by atoms with Crippen LogP contribution in [0.5, 0.6) is 0 Å². The molecule has 0 unspecified atom stereocenters. The second-order valence-electron chi connectivity index (χ2n) is 17.7. The highest BCUT2D eigenvalue weighted by Crippen LogP contribution is 2.46. The largest absolute Gasteiger partial charge is 0.348 e. The van der Waals surface area contributed by atoms with E-state index < -0.39 is 109 Å². The lowest BCUT2D eigenvalue weighted by molar-refractivity contribution is -0.210. The van der Waals surface area contributed by atoms with Crippen LogP contribution in [0.4, 0.5) is 0 Å². The van der Waals surface area contributed by atoms with E-state index >= 15 is 0 Å². The lowest BCUT2D eigenvalue weighted by Crippen LogP contribution is -2.45. The molecule has 6 saturated heterocycles. The van der Waals surface area contributed by atoms with Gasteiger partial charge in [-0.1, -0.05) is 15.6 Å². The Kier molecular flexibility index (Phi) is 9.63. The van der Waals surface area contributed by atoms with Gasteiger partial charge < -0.3 is 64.0 Å². The quantitative estimate of drug-likeness (QED) is 0.140. The number of amides is 3. The fraction of sp³-hybridized carbons (Fsp3) is 0.694. The number of nitrogens with one attached hydrogen (secondary N) is 4. The Labute approximate surface area is 362 Å². The third-order valence-electron chi connectivity index (χ3n) is 12.0. The lowest BCUT2D eigenvalue weighted by atomic mass is 10.1. The first kappa shape index (κ1) is 41.1. The molecule has 4 aromatic heterocycles. The molecule has 3 amide bonds. The Morgan fingerprint density at radius 2 is 0.797 bits per heavy atom. The first-order valence-corrected chi connectivity index (χ1v) is 20.8. The van der Waals surface area contributed by atoms with Crippen molar-refractivity contribution in [2.45, 2.75) is 159 Å². The molecular weight excluding hydrogens is 848 g/mol. The average Bonchev–Trinajstić information content (AvgIpc) is 4.07. The van der Waals surface area contributed by atoms with Crippen LogP contribution in [0.3, 0.4) is 0 Å². The minimum Gasteiger partial charge on any atom is -0.348 e. The van der Waals surface area contributed by atoms with Gasteiger partial charge in [0, 0.05) is 0 Å². The molecule has 0 saturated carbocycles. The van der Waals surface area contributed by atoms with Gasteiger partial charge in [0.2, 0.25) is 0 Å². The summed E-state index contributed by atoms with van der Waals surface area (Å²) in [6.07, 6.45) is -2.75. The maximum Gasteiger partial charge on any atom is 0.251 e. The number of carbonyl (C=O) groups is 3. The van der Waals surface area contributed by atoms with Crippen molar-refractivity contribution in [1.29, 1.82) is 0 Å². The number of hydrogen-bond acceptors (Lipinski definition) is 21. The van der Waals surface area contributed by atoms with Gasteiger partial charge in [0.1, 0.15) is 42.1 Å². The Bertz CT molecular complexity index is 2450. The van der Waals surface area contributed by atoms with Crippen molar-refractivity contribution < 1.29 is 57.0 Å². The third-order valence-corrected chi connectivity index (χ3v) is 12.0. The van der Waals surface area contributed by atoms with E-state index in [0.29, 0.717) is 22.8 Å². The second kappa shape index (κ2) is 15.0. The van der Waals surface area contributed by atoms with Gasteiger partial charge in [-0.15, -0.1) is 20.4 Å². The fourth-order valence-corrected chi connectivity index (χ4v) is 9.35. The smallest absolute Gasteiger partial charge is 0.251 e. The SMILES string of the molecule is CC1(C)O[C@H]2O[C@@H]3C(=O)NCc4cnnn4NCc4cnnn4[C@H]4[C@H]5OC(C)(C)O[C@H]5O[C@@H]4C(=O)NCc4cnnn4[C@H]4[C@H]5OC(C)(C)O[C@H]5O[C@@H]4C(=O)NCc4cnnn4[C@H]3[C@H]2O1. The van der Waals surface area contributed by atoms with Crippen molar-refractivity contribution in [3.63, 3.8) is 0 Å². The molecular formula is C36H46N16O12. The molecule has 64 heavy (non-hydrogen) atoms. The average molecular weight is 895 g/mol. The number of hydrogen-bond donors (Lipinski definition) is 4. The van der Waals surface area contributed by atoms with Gasteiger partial charge in [0.15, 0.2) is 54.5 Å². The molecule has 28 heteroatoms. The van der Waals surface area contributed by atoms with E-state index in [1.165, 1.54) is 38.9 Å². The Balaban J connectivity index is 0.941. The second-order valence-corrected chi connectivity index (χ2v) is 17.7. The highest BCUT2D eigenvalue weighted by atomic mass is 16.8. The van der Waals surface area contributed by atoms with Crippen molar-refractivity contribution in [2.75, 3.05) is 5.43 Å². The van der Waals surface area contributed by atoms with Crippen molar-refractivity contribution in [1.82, 2.24) is 76.0 Å². The summed E-state index contributed by atoms with van der Waals surface area (Å²) in [4.78, 5) is 44.0. The number of rotatable bonds is 0. The zero-order valence-corrected chi connectivity index (χ0v) is 35.3. The van der Waals surface area contributed by atoms with Crippen LogP contribution >= 0.6 is 0 Å². The summed E-state index contributed by atoms with van der Waals surface area (Å²) in [5, 5.41) is 42.5. The number of aromatic nitrogens is 12. The maximum absolute atomic E-state index is 14.3. The van der Waals surface area contributed by atoms with Crippen molar-refractivity contribution >= 4 is 17.7 Å². The van der Waals surface area contributed by atoms with Gasteiger partial charge in [-0.25, -0.2) is 14.0 Å². The molecule has 11 rings (SSSR count). The number of ether oxygens (including phenoxy) is 9. The van der Waals surface area contributed by atoms with E-state index in [4.69, 9.17) is 42.6 Å². The molecule has 11 heterocycles. The van der Waals surface area contributed by atoms with Gasteiger partial charge in [0.25, 0.3) is 17.7 Å². The number of fused-ring (bicyclic) bond motifs is 16. The van der Waals surface area contributed by atoms with E-state index in [1.54, 1.807) is 46.2 Å². The standard InChI is InChI=1S/C36H46N16O12/c1-34(2)59-25-19-22(56-31(25)62-34)28(53)37-7-16-11-41-46-50(16)20-23(57-32-26(20)60-35(3,4)63-32)30(55)39-9-18-13-43-48-52(18)44-14-17-12-42-47-51(17)21-24(58-33-27(21)61-36(5,6)64-33)29(54)38-8-15-10-40-45-49(15)19/h10-13,19-27,31-33,44H,7-9,14H2,1-6H3,(H,37,53)(H,38,54)(H,39,55)/t19-,20-,21-,22+,23+,24+,25-,26-,27-,31-,32-,33-/m1/s1. The molecule has 6 fully saturated rings. The predicted octanol–water partition coefficient (Wildman–Crippen LogP) is -2.69. The summed E-state index contributed by atoms with van der Waals surface area (Å²) >= 11 is 0. The molecule has 0 radical (unpaired) electrons. The fourth-order valence-electron chi connectivity index (χ4n) is 9.35. The van der Waals surface area contributed by atoms with E-state index in [1.807, 2.05) is 0 Å².